The van der Waals surface area contributed by atoms with Crippen LogP contribution in [0.2, 0.25) is 0 Å². The van der Waals surface area contributed by atoms with Gasteiger partial charge in [-0.2, -0.15) is 4.73 Å². The molecule has 26 heavy (non-hydrogen) atoms. The Labute approximate surface area is 153 Å². The molecule has 0 atom stereocenters. The quantitative estimate of drug-likeness (QED) is 0.295. The summed E-state index contributed by atoms with van der Waals surface area (Å²) in [6, 6.07) is 4.21. The Morgan fingerprint density at radius 3 is 2.15 bits per heavy atom. The number of hydrogen-bond donors (Lipinski definition) is 0. The summed E-state index contributed by atoms with van der Waals surface area (Å²) < 4.78 is 0.892. The van der Waals surface area contributed by atoms with Crippen LogP contribution in [0, 0.1) is 15.3 Å². The van der Waals surface area contributed by atoms with Gasteiger partial charge in [0.25, 0.3) is 5.69 Å². The van der Waals surface area contributed by atoms with Crippen molar-refractivity contribution in [3.8, 4) is 0 Å². The van der Waals surface area contributed by atoms with Gasteiger partial charge in [-0.05, 0) is 26.2 Å². The Hall–Kier alpha value is -2.32. The molecule has 0 radical (unpaired) electrons. The molecule has 0 aliphatic carbocycles. The van der Waals surface area contributed by atoms with Gasteiger partial charge in [0, 0.05) is 24.7 Å². The fourth-order valence-electron chi connectivity index (χ4n) is 2.96. The monoisotopic (exact) mass is 361 g/mol. The number of fused-ring (bicyclic) bond motifs is 1. The van der Waals surface area contributed by atoms with Gasteiger partial charge < -0.3 is 5.21 Å². The van der Waals surface area contributed by atoms with Crippen LogP contribution in [0.15, 0.2) is 18.2 Å². The van der Waals surface area contributed by atoms with Crippen molar-refractivity contribution in [1.82, 2.24) is 14.8 Å². The van der Waals surface area contributed by atoms with Gasteiger partial charge in [0.1, 0.15) is 11.2 Å². The second kappa shape index (κ2) is 8.86. The van der Waals surface area contributed by atoms with Crippen LogP contribution in [0.4, 0.5) is 5.69 Å². The Bertz CT molecular complexity index is 773. The largest absolute Gasteiger partial charge is 0.618 e. The van der Waals surface area contributed by atoms with Crippen LogP contribution in [-0.4, -0.2) is 45.9 Å². The smallest absolute Gasteiger partial charge is 0.272 e. The SMILES string of the molecule is CCN(CC)Cc1nc2cc([N+](=O)[O-])ccc2[n+]([O-])c1CN(CC)CC. The number of nitro benzene ring substituents is 1. The molecular formula is C18H27N5O3. The highest BCUT2D eigenvalue weighted by molar-refractivity contribution is 5.74. The summed E-state index contributed by atoms with van der Waals surface area (Å²) in [5.41, 5.74) is 1.96. The average molecular weight is 361 g/mol. The molecule has 1 aromatic heterocycles. The third kappa shape index (κ3) is 4.25. The second-order valence-corrected chi connectivity index (χ2v) is 6.15. The highest BCUT2D eigenvalue weighted by Crippen LogP contribution is 2.20. The molecule has 0 saturated carbocycles. The van der Waals surface area contributed by atoms with E-state index >= 15 is 0 Å². The van der Waals surface area contributed by atoms with E-state index in [-0.39, 0.29) is 5.69 Å². The number of hydrogen-bond acceptors (Lipinski definition) is 6. The van der Waals surface area contributed by atoms with Gasteiger partial charge in [-0.3, -0.25) is 19.9 Å². The molecule has 2 rings (SSSR count). The molecule has 2 aromatic rings. The third-order valence-electron chi connectivity index (χ3n) is 4.76. The molecule has 0 bridgehead atoms. The minimum Gasteiger partial charge on any atom is -0.618 e. The van der Waals surface area contributed by atoms with Crippen molar-refractivity contribution >= 4 is 16.7 Å². The molecule has 0 N–H and O–H groups in total. The summed E-state index contributed by atoms with van der Waals surface area (Å²) in [5.74, 6) is 0. The molecule has 8 heteroatoms. The van der Waals surface area contributed by atoms with Crippen LogP contribution in [-0.2, 0) is 13.1 Å². The van der Waals surface area contributed by atoms with E-state index in [4.69, 9.17) is 0 Å². The lowest BCUT2D eigenvalue weighted by molar-refractivity contribution is -0.588. The molecule has 1 heterocycles. The molecule has 0 aliphatic heterocycles. The van der Waals surface area contributed by atoms with Gasteiger partial charge >= 0.3 is 0 Å². The van der Waals surface area contributed by atoms with Crippen LogP contribution < -0.4 is 4.73 Å². The molecule has 0 unspecified atom stereocenters. The van der Waals surface area contributed by atoms with E-state index in [2.05, 4.69) is 42.5 Å². The fourth-order valence-corrected chi connectivity index (χ4v) is 2.96. The van der Waals surface area contributed by atoms with E-state index in [0.717, 1.165) is 30.9 Å². The Morgan fingerprint density at radius 2 is 1.62 bits per heavy atom. The van der Waals surface area contributed by atoms with E-state index < -0.39 is 4.92 Å². The standard InChI is InChI=1S/C18H27N5O3/c1-5-20(6-2)12-16-18(13-21(7-3)8-4)22(24)17-10-9-14(23(25)26)11-15(17)19-16/h9-11H,5-8,12-13H2,1-4H3. The van der Waals surface area contributed by atoms with E-state index in [1.54, 1.807) is 0 Å². The molecule has 142 valence electrons. The lowest BCUT2D eigenvalue weighted by Crippen LogP contribution is -2.40. The van der Waals surface area contributed by atoms with Crippen molar-refractivity contribution in [2.24, 2.45) is 0 Å². The normalized spacial score (nSPS) is 11.6. The molecule has 8 nitrogen and oxygen atoms in total. The minimum atomic E-state index is -0.468. The first-order valence-electron chi connectivity index (χ1n) is 9.09. The first-order valence-corrected chi connectivity index (χ1v) is 9.09. The van der Waals surface area contributed by atoms with Crippen LogP contribution in [0.1, 0.15) is 39.1 Å². The van der Waals surface area contributed by atoms with Crippen LogP contribution in [0.25, 0.3) is 11.0 Å². The van der Waals surface area contributed by atoms with Crippen LogP contribution >= 0.6 is 0 Å². The van der Waals surface area contributed by atoms with Gasteiger partial charge in [0.15, 0.2) is 0 Å². The second-order valence-electron chi connectivity index (χ2n) is 6.15. The van der Waals surface area contributed by atoms with Crippen molar-refractivity contribution in [1.29, 1.82) is 0 Å². The maximum Gasteiger partial charge on any atom is 0.272 e. The number of benzene rings is 1. The molecule has 0 aliphatic rings. The Morgan fingerprint density at radius 1 is 1.04 bits per heavy atom. The third-order valence-corrected chi connectivity index (χ3v) is 4.76. The Kier molecular flexibility index (Phi) is 6.82. The van der Waals surface area contributed by atoms with E-state index in [1.165, 1.54) is 18.2 Å². The lowest BCUT2D eigenvalue weighted by Gasteiger charge is -2.22. The zero-order valence-electron chi connectivity index (χ0n) is 15.9. The first-order chi connectivity index (χ1) is 12.4. The minimum absolute atomic E-state index is 0.0599. The summed E-state index contributed by atoms with van der Waals surface area (Å²) in [7, 11) is 0. The van der Waals surface area contributed by atoms with Crippen LogP contribution in [0.3, 0.4) is 0 Å². The number of nitrogens with zero attached hydrogens (tertiary/aromatic N) is 5. The zero-order valence-corrected chi connectivity index (χ0v) is 15.9. The van der Waals surface area contributed by atoms with E-state index in [9.17, 15) is 15.3 Å². The maximum atomic E-state index is 13.0. The predicted octanol–water partition coefficient (Wildman–Crippen LogP) is 2.46. The predicted molar refractivity (Wildman–Crippen MR) is 101 cm³/mol. The number of rotatable bonds is 9. The van der Waals surface area contributed by atoms with Crippen molar-refractivity contribution in [3.05, 3.63) is 44.9 Å². The van der Waals surface area contributed by atoms with Gasteiger partial charge in [-0.1, -0.05) is 27.7 Å². The summed E-state index contributed by atoms with van der Waals surface area (Å²) in [4.78, 5) is 19.6. The molecule has 0 spiro atoms. The summed E-state index contributed by atoms with van der Waals surface area (Å²) in [5, 5.41) is 24.1. The summed E-state index contributed by atoms with van der Waals surface area (Å²) in [6.45, 7) is 12.6. The fraction of sp³-hybridized carbons (Fsp3) is 0.556. The highest BCUT2D eigenvalue weighted by atomic mass is 16.6. The summed E-state index contributed by atoms with van der Waals surface area (Å²) >= 11 is 0. The maximum absolute atomic E-state index is 13.0. The Balaban J connectivity index is 2.61. The van der Waals surface area contributed by atoms with Gasteiger partial charge in [0.05, 0.1) is 11.5 Å². The van der Waals surface area contributed by atoms with Crippen molar-refractivity contribution in [2.75, 3.05) is 26.2 Å². The number of nitro groups is 1. The van der Waals surface area contributed by atoms with Crippen molar-refractivity contribution in [3.63, 3.8) is 0 Å². The van der Waals surface area contributed by atoms with Crippen molar-refractivity contribution in [2.45, 2.75) is 40.8 Å². The lowest BCUT2D eigenvalue weighted by atomic mass is 10.2. The molecule has 1 aromatic carbocycles. The highest BCUT2D eigenvalue weighted by Gasteiger charge is 2.23. The van der Waals surface area contributed by atoms with E-state index in [1.807, 2.05) is 0 Å². The number of non-ortho nitro benzene ring substituents is 1. The van der Waals surface area contributed by atoms with Gasteiger partial charge in [-0.25, -0.2) is 4.98 Å². The van der Waals surface area contributed by atoms with Gasteiger partial charge in [0.2, 0.25) is 11.2 Å². The zero-order chi connectivity index (χ0) is 19.3. The molecule has 0 amide bonds. The topological polar surface area (TPSA) is 89.4 Å². The average Bonchev–Trinajstić information content (AvgIpc) is 2.65. The van der Waals surface area contributed by atoms with Crippen molar-refractivity contribution < 1.29 is 9.65 Å². The summed E-state index contributed by atoms with van der Waals surface area (Å²) in [6.07, 6.45) is 0. The molecule has 0 fully saturated rings. The molecular weight excluding hydrogens is 334 g/mol. The first kappa shape index (κ1) is 20.0. The number of aromatic nitrogens is 2. The van der Waals surface area contributed by atoms with Crippen LogP contribution in [0.5, 0.6) is 0 Å². The van der Waals surface area contributed by atoms with Gasteiger partial charge in [-0.15, -0.1) is 0 Å². The van der Waals surface area contributed by atoms with E-state index in [0.29, 0.717) is 35.5 Å². The molecule has 0 saturated heterocycles.